The van der Waals surface area contributed by atoms with Gasteiger partial charge in [0.25, 0.3) is 0 Å². The fourth-order valence-electron chi connectivity index (χ4n) is 1.88. The molecule has 0 amide bonds. The molecule has 1 saturated heterocycles. The van der Waals surface area contributed by atoms with E-state index in [0.29, 0.717) is 0 Å². The molecule has 74 valence electrons. The van der Waals surface area contributed by atoms with Crippen LogP contribution in [-0.2, 0) is 4.74 Å². The number of ether oxygens (including phenoxy) is 1. The van der Waals surface area contributed by atoms with Crippen molar-refractivity contribution in [3.8, 4) is 0 Å². The maximum absolute atomic E-state index is 5.61. The first-order valence-electron chi connectivity index (χ1n) is 4.89. The Bertz CT molecular complexity index is 454. The van der Waals surface area contributed by atoms with Gasteiger partial charge in [0.1, 0.15) is 6.10 Å². The highest BCUT2D eigenvalue weighted by atomic mass is 32.1. The molecule has 3 rings (SSSR count). The van der Waals surface area contributed by atoms with Crippen LogP contribution in [0.5, 0.6) is 0 Å². The molecule has 0 spiro atoms. The fraction of sp³-hybridized carbons (Fsp3) is 0.500. The van der Waals surface area contributed by atoms with Crippen LogP contribution in [0.3, 0.4) is 0 Å². The summed E-state index contributed by atoms with van der Waals surface area (Å²) in [5.41, 5.74) is 2.35. The van der Waals surface area contributed by atoms with E-state index < -0.39 is 0 Å². The Morgan fingerprint density at radius 3 is 3.29 bits per heavy atom. The molecule has 3 heterocycles. The maximum atomic E-state index is 5.61. The molecule has 14 heavy (non-hydrogen) atoms. The zero-order chi connectivity index (χ0) is 9.54. The van der Waals surface area contributed by atoms with Gasteiger partial charge in [0.05, 0.1) is 5.69 Å². The highest BCUT2D eigenvalue weighted by Crippen LogP contribution is 2.29. The van der Waals surface area contributed by atoms with Crippen LogP contribution in [0.1, 0.15) is 30.3 Å². The number of aryl methyl sites for hydroxylation is 1. The third kappa shape index (κ3) is 1.18. The van der Waals surface area contributed by atoms with E-state index >= 15 is 0 Å². The fourth-order valence-corrected chi connectivity index (χ4v) is 2.74. The predicted molar refractivity (Wildman–Crippen MR) is 55.7 cm³/mol. The summed E-state index contributed by atoms with van der Waals surface area (Å²) >= 11 is 1.69. The van der Waals surface area contributed by atoms with E-state index in [4.69, 9.17) is 4.74 Å². The number of hydrogen-bond acceptors (Lipinski definition) is 3. The molecule has 0 saturated carbocycles. The van der Waals surface area contributed by atoms with Crippen molar-refractivity contribution in [2.24, 2.45) is 0 Å². The minimum Gasteiger partial charge on any atom is -0.372 e. The molecule has 0 radical (unpaired) electrons. The van der Waals surface area contributed by atoms with E-state index in [-0.39, 0.29) is 6.10 Å². The highest BCUT2D eigenvalue weighted by Gasteiger charge is 2.21. The minimum atomic E-state index is 0.237. The van der Waals surface area contributed by atoms with Gasteiger partial charge in [-0.1, -0.05) is 0 Å². The van der Waals surface area contributed by atoms with E-state index in [2.05, 4.69) is 27.9 Å². The van der Waals surface area contributed by atoms with E-state index in [0.717, 1.165) is 30.1 Å². The van der Waals surface area contributed by atoms with E-state index in [9.17, 15) is 0 Å². The lowest BCUT2D eigenvalue weighted by Gasteiger charge is -2.03. The van der Waals surface area contributed by atoms with Gasteiger partial charge in [0, 0.05) is 23.9 Å². The lowest BCUT2D eigenvalue weighted by molar-refractivity contribution is 0.109. The number of nitrogens with zero attached hydrogens (tertiary/aromatic N) is 2. The number of rotatable bonds is 1. The summed E-state index contributed by atoms with van der Waals surface area (Å²) in [5.74, 6) is 0. The summed E-state index contributed by atoms with van der Waals surface area (Å²) < 4.78 is 7.75. The second-order valence-electron chi connectivity index (χ2n) is 3.70. The average Bonchev–Trinajstić information content (AvgIpc) is 2.83. The van der Waals surface area contributed by atoms with Gasteiger partial charge >= 0.3 is 0 Å². The van der Waals surface area contributed by atoms with Crippen LogP contribution in [0.25, 0.3) is 4.96 Å². The van der Waals surface area contributed by atoms with Gasteiger partial charge in [-0.15, -0.1) is 11.3 Å². The largest absolute Gasteiger partial charge is 0.372 e. The van der Waals surface area contributed by atoms with E-state index in [1.807, 2.05) is 0 Å². The van der Waals surface area contributed by atoms with Crippen molar-refractivity contribution < 1.29 is 4.74 Å². The number of hydrogen-bond donors (Lipinski definition) is 0. The molecule has 1 aliphatic rings. The molecule has 1 atom stereocenters. The van der Waals surface area contributed by atoms with Crippen LogP contribution < -0.4 is 0 Å². The Balaban J connectivity index is 2.05. The Hall–Kier alpha value is -0.870. The molecular weight excluding hydrogens is 196 g/mol. The summed E-state index contributed by atoms with van der Waals surface area (Å²) in [4.78, 5) is 5.65. The summed E-state index contributed by atoms with van der Waals surface area (Å²) in [6.45, 7) is 2.99. The predicted octanol–water partition coefficient (Wildman–Crippen LogP) is 2.56. The van der Waals surface area contributed by atoms with Gasteiger partial charge in [0.2, 0.25) is 0 Å². The molecule has 0 N–H and O–H groups in total. The number of thiazole rings is 1. The Morgan fingerprint density at radius 2 is 2.57 bits per heavy atom. The quantitative estimate of drug-likeness (QED) is 0.720. The van der Waals surface area contributed by atoms with Crippen molar-refractivity contribution >= 4 is 16.3 Å². The Morgan fingerprint density at radius 1 is 1.64 bits per heavy atom. The molecule has 0 bridgehead atoms. The maximum Gasteiger partial charge on any atom is 0.194 e. The molecule has 1 fully saturated rings. The topological polar surface area (TPSA) is 26.5 Å². The van der Waals surface area contributed by atoms with Gasteiger partial charge in [0.15, 0.2) is 4.96 Å². The van der Waals surface area contributed by atoms with Crippen molar-refractivity contribution in [3.63, 3.8) is 0 Å². The van der Waals surface area contributed by atoms with Crippen molar-refractivity contribution in [1.82, 2.24) is 9.38 Å². The summed E-state index contributed by atoms with van der Waals surface area (Å²) in [7, 11) is 0. The van der Waals surface area contributed by atoms with Gasteiger partial charge < -0.3 is 4.74 Å². The molecule has 0 aliphatic carbocycles. The van der Waals surface area contributed by atoms with E-state index in [1.54, 1.807) is 11.3 Å². The van der Waals surface area contributed by atoms with Crippen molar-refractivity contribution in [3.05, 3.63) is 23.0 Å². The molecule has 2 aromatic rings. The normalized spacial score (nSPS) is 22.2. The average molecular weight is 208 g/mol. The van der Waals surface area contributed by atoms with Gasteiger partial charge in [-0.2, -0.15) is 0 Å². The number of imidazole rings is 1. The first-order chi connectivity index (χ1) is 6.84. The summed E-state index contributed by atoms with van der Waals surface area (Å²) in [6.07, 6.45) is 4.62. The van der Waals surface area contributed by atoms with Gasteiger partial charge in [-0.3, -0.25) is 4.40 Å². The van der Waals surface area contributed by atoms with Crippen LogP contribution in [0, 0.1) is 6.92 Å². The van der Waals surface area contributed by atoms with Gasteiger partial charge in [-0.25, -0.2) is 4.98 Å². The lowest BCUT2D eigenvalue weighted by Crippen LogP contribution is -1.95. The van der Waals surface area contributed by atoms with Crippen LogP contribution in [0.2, 0.25) is 0 Å². The monoisotopic (exact) mass is 208 g/mol. The standard InChI is InChI=1S/C10H12N2OS/c1-7-6-14-10-11-8(5-12(7)10)9-3-2-4-13-9/h5-6,9H,2-4H2,1H3. The van der Waals surface area contributed by atoms with Crippen molar-refractivity contribution in [1.29, 1.82) is 0 Å². The molecule has 2 aromatic heterocycles. The first kappa shape index (κ1) is 8.44. The number of aromatic nitrogens is 2. The van der Waals surface area contributed by atoms with Crippen LogP contribution in [0.15, 0.2) is 11.6 Å². The molecule has 4 heteroatoms. The third-order valence-corrected chi connectivity index (χ3v) is 3.62. The highest BCUT2D eigenvalue weighted by molar-refractivity contribution is 7.15. The Kier molecular flexibility index (Phi) is 1.85. The molecule has 0 aromatic carbocycles. The second kappa shape index (κ2) is 3.07. The molecular formula is C10H12N2OS. The van der Waals surface area contributed by atoms with Crippen molar-refractivity contribution in [2.75, 3.05) is 6.61 Å². The van der Waals surface area contributed by atoms with Gasteiger partial charge in [-0.05, 0) is 19.8 Å². The SMILES string of the molecule is Cc1csc2nc(C3CCCO3)cn12. The minimum absolute atomic E-state index is 0.237. The zero-order valence-electron chi connectivity index (χ0n) is 8.06. The third-order valence-electron chi connectivity index (χ3n) is 2.67. The van der Waals surface area contributed by atoms with Crippen LogP contribution in [0.4, 0.5) is 0 Å². The zero-order valence-corrected chi connectivity index (χ0v) is 8.88. The molecule has 3 nitrogen and oxygen atoms in total. The second-order valence-corrected chi connectivity index (χ2v) is 4.53. The smallest absolute Gasteiger partial charge is 0.194 e. The lowest BCUT2D eigenvalue weighted by atomic mass is 10.2. The summed E-state index contributed by atoms with van der Waals surface area (Å²) in [5, 5.41) is 2.13. The molecule has 1 unspecified atom stereocenters. The molecule has 1 aliphatic heterocycles. The number of fused-ring (bicyclic) bond motifs is 1. The van der Waals surface area contributed by atoms with E-state index in [1.165, 1.54) is 5.69 Å². The van der Waals surface area contributed by atoms with Crippen LogP contribution in [-0.4, -0.2) is 16.0 Å². The van der Waals surface area contributed by atoms with Crippen LogP contribution >= 0.6 is 11.3 Å². The Labute approximate surface area is 86.3 Å². The summed E-state index contributed by atoms with van der Waals surface area (Å²) in [6, 6.07) is 0. The first-order valence-corrected chi connectivity index (χ1v) is 5.77. The van der Waals surface area contributed by atoms with Crippen molar-refractivity contribution in [2.45, 2.75) is 25.9 Å².